The molecule has 0 radical (unpaired) electrons. The molecule has 0 aromatic heterocycles. The molecular weight excluding hydrogens is 266 g/mol. The molecular formula is C17H23NO3. The van der Waals surface area contributed by atoms with Gasteiger partial charge in [-0.05, 0) is 43.9 Å². The third kappa shape index (κ3) is 4.00. The van der Waals surface area contributed by atoms with E-state index in [0.717, 1.165) is 29.9 Å². The number of hydrogen-bond donors (Lipinski definition) is 1. The molecule has 0 unspecified atom stereocenters. The number of carbonyl (C=O) groups excluding carboxylic acids is 1. The van der Waals surface area contributed by atoms with E-state index in [1.54, 1.807) is 14.2 Å². The molecule has 4 heteroatoms. The first-order valence-corrected chi connectivity index (χ1v) is 7.32. The summed E-state index contributed by atoms with van der Waals surface area (Å²) in [7, 11) is 3.25. The van der Waals surface area contributed by atoms with E-state index in [-0.39, 0.29) is 11.9 Å². The molecule has 0 fully saturated rings. The average molecular weight is 289 g/mol. The van der Waals surface area contributed by atoms with Gasteiger partial charge < -0.3 is 14.8 Å². The highest BCUT2D eigenvalue weighted by Gasteiger charge is 2.18. The van der Waals surface area contributed by atoms with E-state index in [9.17, 15) is 4.79 Å². The van der Waals surface area contributed by atoms with Crippen molar-refractivity contribution in [2.24, 2.45) is 5.92 Å². The number of benzene rings is 1. The molecule has 4 nitrogen and oxygen atoms in total. The van der Waals surface area contributed by atoms with Gasteiger partial charge in [-0.15, -0.1) is 0 Å². The SMILES string of the molecule is COc1ccc(OC)c([C@H](C)NC(=O)C[C@@H]2C=CCC2)c1. The molecule has 1 aromatic carbocycles. The predicted molar refractivity (Wildman–Crippen MR) is 82.6 cm³/mol. The van der Waals surface area contributed by atoms with Crippen molar-refractivity contribution < 1.29 is 14.3 Å². The van der Waals surface area contributed by atoms with Crippen molar-refractivity contribution in [3.8, 4) is 11.5 Å². The summed E-state index contributed by atoms with van der Waals surface area (Å²) in [5.74, 6) is 1.96. The number of methoxy groups -OCH3 is 2. The van der Waals surface area contributed by atoms with Crippen LogP contribution in [0, 0.1) is 5.92 Å². The molecule has 0 heterocycles. The molecule has 114 valence electrons. The first kappa shape index (κ1) is 15.4. The summed E-state index contributed by atoms with van der Waals surface area (Å²) in [5.41, 5.74) is 0.923. The summed E-state index contributed by atoms with van der Waals surface area (Å²) in [6, 6.07) is 5.49. The highest BCUT2D eigenvalue weighted by Crippen LogP contribution is 2.29. The van der Waals surface area contributed by atoms with Crippen molar-refractivity contribution in [1.82, 2.24) is 5.32 Å². The summed E-state index contributed by atoms with van der Waals surface area (Å²) >= 11 is 0. The van der Waals surface area contributed by atoms with Crippen LogP contribution in [0.1, 0.15) is 37.8 Å². The van der Waals surface area contributed by atoms with Crippen LogP contribution in [0.15, 0.2) is 30.4 Å². The van der Waals surface area contributed by atoms with Crippen LogP contribution in [0.25, 0.3) is 0 Å². The Labute approximate surface area is 126 Å². The fourth-order valence-corrected chi connectivity index (χ4v) is 2.66. The number of allylic oxidation sites excluding steroid dienone is 2. The molecule has 0 aliphatic heterocycles. The van der Waals surface area contributed by atoms with Crippen LogP contribution in [-0.2, 0) is 4.79 Å². The number of ether oxygens (including phenoxy) is 2. The fourth-order valence-electron chi connectivity index (χ4n) is 2.66. The van der Waals surface area contributed by atoms with Crippen molar-refractivity contribution in [3.05, 3.63) is 35.9 Å². The number of nitrogens with one attached hydrogen (secondary N) is 1. The van der Waals surface area contributed by atoms with Crippen molar-refractivity contribution >= 4 is 5.91 Å². The standard InChI is InChI=1S/C17H23NO3/c1-12(18-17(19)10-13-6-4-5-7-13)15-11-14(20-2)8-9-16(15)21-3/h4,6,8-9,11-13H,5,7,10H2,1-3H3,(H,18,19)/t12-,13+/m0/s1. The second kappa shape index (κ2) is 7.16. The Hall–Kier alpha value is -1.97. The molecule has 0 saturated carbocycles. The van der Waals surface area contributed by atoms with Gasteiger partial charge in [0.1, 0.15) is 11.5 Å². The zero-order valence-corrected chi connectivity index (χ0v) is 12.9. The zero-order valence-electron chi connectivity index (χ0n) is 12.9. The smallest absolute Gasteiger partial charge is 0.221 e. The summed E-state index contributed by atoms with van der Waals surface area (Å²) in [4.78, 5) is 12.1. The van der Waals surface area contributed by atoms with Crippen LogP contribution in [0.2, 0.25) is 0 Å². The Morgan fingerprint density at radius 2 is 2.19 bits per heavy atom. The summed E-state index contributed by atoms with van der Waals surface area (Å²) in [5, 5.41) is 3.04. The van der Waals surface area contributed by atoms with Gasteiger partial charge in [-0.3, -0.25) is 4.79 Å². The lowest BCUT2D eigenvalue weighted by Gasteiger charge is -2.19. The van der Waals surface area contributed by atoms with Gasteiger partial charge >= 0.3 is 0 Å². The molecule has 0 bridgehead atoms. The van der Waals surface area contributed by atoms with Gasteiger partial charge in [0.25, 0.3) is 0 Å². The van der Waals surface area contributed by atoms with Gasteiger partial charge in [-0.25, -0.2) is 0 Å². The van der Waals surface area contributed by atoms with Gasteiger partial charge in [0.05, 0.1) is 20.3 Å². The Kier molecular flexibility index (Phi) is 5.26. The zero-order chi connectivity index (χ0) is 15.2. The van der Waals surface area contributed by atoms with Gasteiger partial charge in [0.15, 0.2) is 0 Å². The quantitative estimate of drug-likeness (QED) is 0.818. The second-order valence-corrected chi connectivity index (χ2v) is 5.37. The maximum atomic E-state index is 12.1. The molecule has 0 spiro atoms. The summed E-state index contributed by atoms with van der Waals surface area (Å²) in [6.45, 7) is 1.96. The van der Waals surface area contributed by atoms with E-state index in [2.05, 4.69) is 17.5 Å². The lowest BCUT2D eigenvalue weighted by atomic mass is 10.0. The second-order valence-electron chi connectivity index (χ2n) is 5.37. The minimum atomic E-state index is -0.118. The fraction of sp³-hybridized carbons (Fsp3) is 0.471. The number of rotatable bonds is 6. The minimum Gasteiger partial charge on any atom is -0.497 e. The van der Waals surface area contributed by atoms with Crippen molar-refractivity contribution in [1.29, 1.82) is 0 Å². The highest BCUT2D eigenvalue weighted by atomic mass is 16.5. The maximum absolute atomic E-state index is 12.1. The van der Waals surface area contributed by atoms with Crippen molar-refractivity contribution in [3.63, 3.8) is 0 Å². The minimum absolute atomic E-state index is 0.0731. The van der Waals surface area contributed by atoms with Crippen LogP contribution in [0.5, 0.6) is 11.5 Å². The predicted octanol–water partition coefficient (Wildman–Crippen LogP) is 3.24. The van der Waals surface area contributed by atoms with E-state index in [1.165, 1.54) is 0 Å². The highest BCUT2D eigenvalue weighted by molar-refractivity contribution is 5.77. The molecule has 1 amide bonds. The van der Waals surface area contributed by atoms with Gasteiger partial charge in [0, 0.05) is 12.0 Å². The number of amides is 1. The molecule has 2 atom stereocenters. The third-order valence-electron chi connectivity index (χ3n) is 3.84. The van der Waals surface area contributed by atoms with Crippen LogP contribution in [0.3, 0.4) is 0 Å². The summed E-state index contributed by atoms with van der Waals surface area (Å²) < 4.78 is 10.6. The van der Waals surface area contributed by atoms with E-state index >= 15 is 0 Å². The monoisotopic (exact) mass is 289 g/mol. The molecule has 1 aromatic rings. The van der Waals surface area contributed by atoms with Crippen molar-refractivity contribution in [2.75, 3.05) is 14.2 Å². The van der Waals surface area contributed by atoms with E-state index < -0.39 is 0 Å². The molecule has 1 aliphatic carbocycles. The molecule has 21 heavy (non-hydrogen) atoms. The van der Waals surface area contributed by atoms with Crippen molar-refractivity contribution in [2.45, 2.75) is 32.2 Å². The number of hydrogen-bond acceptors (Lipinski definition) is 3. The Bertz CT molecular complexity index is 525. The van der Waals surface area contributed by atoms with Crippen LogP contribution < -0.4 is 14.8 Å². The Morgan fingerprint density at radius 1 is 1.38 bits per heavy atom. The molecule has 2 rings (SSSR count). The van der Waals surface area contributed by atoms with Gasteiger partial charge in [-0.1, -0.05) is 12.2 Å². The van der Waals surface area contributed by atoms with Crippen LogP contribution >= 0.6 is 0 Å². The average Bonchev–Trinajstić information content (AvgIpc) is 2.99. The van der Waals surface area contributed by atoms with Gasteiger partial charge in [-0.2, -0.15) is 0 Å². The summed E-state index contributed by atoms with van der Waals surface area (Å²) in [6.07, 6.45) is 6.98. The van der Waals surface area contributed by atoms with E-state index in [4.69, 9.17) is 9.47 Å². The molecule has 1 aliphatic rings. The maximum Gasteiger partial charge on any atom is 0.221 e. The Morgan fingerprint density at radius 3 is 2.81 bits per heavy atom. The molecule has 1 N–H and O–H groups in total. The first-order chi connectivity index (χ1) is 10.1. The van der Waals surface area contributed by atoms with Crippen LogP contribution in [-0.4, -0.2) is 20.1 Å². The van der Waals surface area contributed by atoms with Crippen LogP contribution in [0.4, 0.5) is 0 Å². The lowest BCUT2D eigenvalue weighted by molar-refractivity contribution is -0.122. The van der Waals surface area contributed by atoms with E-state index in [0.29, 0.717) is 12.3 Å². The third-order valence-corrected chi connectivity index (χ3v) is 3.84. The largest absolute Gasteiger partial charge is 0.497 e. The van der Waals surface area contributed by atoms with Gasteiger partial charge in [0.2, 0.25) is 5.91 Å². The number of carbonyl (C=O) groups is 1. The normalized spacial score (nSPS) is 18.3. The topological polar surface area (TPSA) is 47.6 Å². The lowest BCUT2D eigenvalue weighted by Crippen LogP contribution is -2.28. The molecule has 0 saturated heterocycles. The Balaban J connectivity index is 2.02. The van der Waals surface area contributed by atoms with E-state index in [1.807, 2.05) is 25.1 Å². The first-order valence-electron chi connectivity index (χ1n) is 7.32.